The maximum atomic E-state index is 5.63. The highest BCUT2D eigenvalue weighted by Gasteiger charge is 2.02. The van der Waals surface area contributed by atoms with Gasteiger partial charge < -0.3 is 0 Å². The Labute approximate surface area is 86.7 Å². The summed E-state index contributed by atoms with van der Waals surface area (Å²) < 4.78 is 1.55. The van der Waals surface area contributed by atoms with Crippen molar-refractivity contribution in [1.82, 2.24) is 9.66 Å². The van der Waals surface area contributed by atoms with Crippen LogP contribution in [-0.4, -0.2) is 14.8 Å². The van der Waals surface area contributed by atoms with E-state index in [4.69, 9.17) is 23.2 Å². The number of aromatic nitrogens is 2. The van der Waals surface area contributed by atoms with Crippen molar-refractivity contribution in [2.75, 3.05) is 0 Å². The van der Waals surface area contributed by atoms with Gasteiger partial charge in [-0.05, 0) is 13.0 Å². The van der Waals surface area contributed by atoms with E-state index in [-0.39, 0.29) is 0 Å². The minimum absolute atomic E-state index is 0.352. The molecular formula is C8H9Cl2N3. The number of nitrogens with zero attached hydrogens (tertiary/aromatic N) is 3. The van der Waals surface area contributed by atoms with E-state index >= 15 is 0 Å². The number of hydrogen-bond acceptors (Lipinski definition) is 2. The van der Waals surface area contributed by atoms with Crippen molar-refractivity contribution in [3.63, 3.8) is 0 Å². The molecule has 3 nitrogen and oxygen atoms in total. The molecule has 70 valence electrons. The summed E-state index contributed by atoms with van der Waals surface area (Å²) in [5, 5.41) is 4.44. The first-order valence-electron chi connectivity index (χ1n) is 3.65. The normalized spacial score (nSPS) is 11.8. The van der Waals surface area contributed by atoms with Gasteiger partial charge in [-0.25, -0.2) is 9.66 Å². The van der Waals surface area contributed by atoms with Crippen molar-refractivity contribution in [2.24, 2.45) is 5.10 Å². The number of hydrogen-bond donors (Lipinski definition) is 0. The molecule has 1 rings (SSSR count). The lowest BCUT2D eigenvalue weighted by Crippen LogP contribution is -1.92. The zero-order valence-electron chi connectivity index (χ0n) is 7.17. The van der Waals surface area contributed by atoms with E-state index in [2.05, 4.69) is 16.7 Å². The van der Waals surface area contributed by atoms with Crippen molar-refractivity contribution in [3.8, 4) is 0 Å². The van der Waals surface area contributed by atoms with Gasteiger partial charge in [-0.15, -0.1) is 11.6 Å². The highest BCUT2D eigenvalue weighted by atomic mass is 35.5. The molecule has 5 heteroatoms. The fourth-order valence-electron chi connectivity index (χ4n) is 0.867. The number of alkyl halides is 1. The first-order valence-corrected chi connectivity index (χ1v) is 4.56. The molecule has 0 N–H and O–H groups in total. The van der Waals surface area contributed by atoms with E-state index in [0.29, 0.717) is 16.9 Å². The van der Waals surface area contributed by atoms with Crippen molar-refractivity contribution in [3.05, 3.63) is 24.3 Å². The minimum Gasteiger partial charge on any atom is -0.231 e. The summed E-state index contributed by atoms with van der Waals surface area (Å²) in [4.78, 5) is 4.15. The highest BCUT2D eigenvalue weighted by Crippen LogP contribution is 2.07. The van der Waals surface area contributed by atoms with Gasteiger partial charge in [0, 0.05) is 0 Å². The quantitative estimate of drug-likeness (QED) is 0.566. The summed E-state index contributed by atoms with van der Waals surface area (Å²) in [7, 11) is 0. The van der Waals surface area contributed by atoms with Gasteiger partial charge in [-0.2, -0.15) is 5.10 Å². The molecule has 0 aliphatic rings. The Morgan fingerprint density at radius 2 is 2.54 bits per heavy atom. The Bertz CT molecular complexity index is 337. The van der Waals surface area contributed by atoms with Gasteiger partial charge in [-0.1, -0.05) is 18.2 Å². The van der Waals surface area contributed by atoms with Crippen molar-refractivity contribution >= 4 is 34.4 Å². The number of imidazole rings is 1. The molecule has 0 amide bonds. The standard InChI is InChI=1S/C8H9Cl2N3/c1-3-8-11-7(4-9)5-13(8)12-6(2)10/h3,5H,1,4H2,2H3/b12-6+. The fraction of sp³-hybridized carbons (Fsp3) is 0.250. The second kappa shape index (κ2) is 4.44. The van der Waals surface area contributed by atoms with E-state index in [1.54, 1.807) is 23.9 Å². The fourth-order valence-corrected chi connectivity index (χ4v) is 1.08. The van der Waals surface area contributed by atoms with Crippen LogP contribution < -0.4 is 0 Å². The smallest absolute Gasteiger partial charge is 0.153 e. The molecule has 0 radical (unpaired) electrons. The summed E-state index contributed by atoms with van der Waals surface area (Å²) >= 11 is 11.2. The third-order valence-electron chi connectivity index (χ3n) is 1.33. The molecule has 1 aromatic heterocycles. The Morgan fingerprint density at radius 3 is 3.00 bits per heavy atom. The van der Waals surface area contributed by atoms with Gasteiger partial charge in [0.2, 0.25) is 0 Å². The first kappa shape index (κ1) is 10.3. The van der Waals surface area contributed by atoms with Crippen LogP contribution in [0.4, 0.5) is 0 Å². The summed E-state index contributed by atoms with van der Waals surface area (Å²) in [6, 6.07) is 0. The van der Waals surface area contributed by atoms with Crippen LogP contribution in [0.15, 0.2) is 17.9 Å². The van der Waals surface area contributed by atoms with Crippen LogP contribution in [0.2, 0.25) is 0 Å². The third-order valence-corrected chi connectivity index (χ3v) is 1.68. The van der Waals surface area contributed by atoms with Gasteiger partial charge >= 0.3 is 0 Å². The Balaban J connectivity index is 3.11. The predicted octanol–water partition coefficient (Wildman–Crippen LogP) is 2.69. The van der Waals surface area contributed by atoms with Crippen molar-refractivity contribution < 1.29 is 0 Å². The molecule has 0 spiro atoms. The topological polar surface area (TPSA) is 30.2 Å². The monoisotopic (exact) mass is 217 g/mol. The van der Waals surface area contributed by atoms with Gasteiger partial charge in [0.05, 0.1) is 17.8 Å². The summed E-state index contributed by atoms with van der Waals surface area (Å²) in [6.07, 6.45) is 3.31. The molecule has 0 aliphatic carbocycles. The van der Waals surface area contributed by atoms with E-state index < -0.39 is 0 Å². The van der Waals surface area contributed by atoms with E-state index in [1.165, 1.54) is 0 Å². The first-order chi connectivity index (χ1) is 6.17. The van der Waals surface area contributed by atoms with Gasteiger partial charge in [0.15, 0.2) is 5.82 Å². The molecule has 1 heterocycles. The van der Waals surface area contributed by atoms with Crippen LogP contribution in [0, 0.1) is 0 Å². The lowest BCUT2D eigenvalue weighted by Gasteiger charge is -1.94. The summed E-state index contributed by atoms with van der Waals surface area (Å²) in [6.45, 7) is 5.30. The predicted molar refractivity (Wildman–Crippen MR) is 56.2 cm³/mol. The molecule has 13 heavy (non-hydrogen) atoms. The van der Waals surface area contributed by atoms with Crippen LogP contribution in [0.25, 0.3) is 6.08 Å². The largest absolute Gasteiger partial charge is 0.231 e. The average Bonchev–Trinajstić information content (AvgIpc) is 2.46. The molecule has 0 atom stereocenters. The Kier molecular flexibility index (Phi) is 3.51. The summed E-state index contributed by atoms with van der Waals surface area (Å²) in [5.41, 5.74) is 0.748. The van der Waals surface area contributed by atoms with Crippen LogP contribution in [-0.2, 0) is 5.88 Å². The zero-order chi connectivity index (χ0) is 9.84. The SMILES string of the molecule is C=Cc1nc(CCl)cn1/N=C(\C)Cl. The zero-order valence-corrected chi connectivity index (χ0v) is 8.68. The van der Waals surface area contributed by atoms with Crippen molar-refractivity contribution in [1.29, 1.82) is 0 Å². The van der Waals surface area contributed by atoms with Crippen LogP contribution >= 0.6 is 23.2 Å². The lowest BCUT2D eigenvalue weighted by atomic mass is 10.6. The van der Waals surface area contributed by atoms with Crippen LogP contribution in [0.5, 0.6) is 0 Å². The van der Waals surface area contributed by atoms with Gasteiger partial charge in [0.25, 0.3) is 0 Å². The van der Waals surface area contributed by atoms with E-state index in [1.807, 2.05) is 0 Å². The molecule has 1 aromatic rings. The molecule has 0 fully saturated rings. The Hall–Kier alpha value is -0.800. The number of rotatable bonds is 3. The van der Waals surface area contributed by atoms with Crippen LogP contribution in [0.1, 0.15) is 18.4 Å². The highest BCUT2D eigenvalue weighted by molar-refractivity contribution is 6.64. The van der Waals surface area contributed by atoms with Gasteiger partial charge in [0.1, 0.15) is 5.17 Å². The lowest BCUT2D eigenvalue weighted by molar-refractivity contribution is 0.864. The molecule has 0 aromatic carbocycles. The van der Waals surface area contributed by atoms with Gasteiger partial charge in [-0.3, -0.25) is 0 Å². The van der Waals surface area contributed by atoms with E-state index in [9.17, 15) is 0 Å². The molecule has 0 saturated heterocycles. The van der Waals surface area contributed by atoms with E-state index in [0.717, 1.165) is 5.69 Å². The molecular weight excluding hydrogens is 209 g/mol. The molecule has 0 unspecified atom stereocenters. The third kappa shape index (κ3) is 2.57. The molecule has 0 saturated carbocycles. The maximum absolute atomic E-state index is 5.63. The Morgan fingerprint density at radius 1 is 1.85 bits per heavy atom. The maximum Gasteiger partial charge on any atom is 0.153 e. The van der Waals surface area contributed by atoms with Crippen LogP contribution in [0.3, 0.4) is 0 Å². The second-order valence-electron chi connectivity index (χ2n) is 2.37. The minimum atomic E-state index is 0.352. The average molecular weight is 218 g/mol. The molecule has 0 bridgehead atoms. The number of halogens is 2. The molecule has 0 aliphatic heterocycles. The van der Waals surface area contributed by atoms with Crippen molar-refractivity contribution in [2.45, 2.75) is 12.8 Å². The summed E-state index contributed by atoms with van der Waals surface area (Å²) in [5.74, 6) is 0.987. The second-order valence-corrected chi connectivity index (χ2v) is 3.18.